The molecule has 0 amide bonds. The SMILES string of the molecule is O=[P+]([O-])SI. The first-order valence-electron chi connectivity index (χ1n) is 0.702. The zero-order chi connectivity index (χ0) is 4.28. The van der Waals surface area contributed by atoms with Gasteiger partial charge in [-0.15, -0.1) is 0 Å². The Bertz CT molecular complexity index is 44.9. The summed E-state index contributed by atoms with van der Waals surface area (Å²) in [4.78, 5) is 9.36. The van der Waals surface area contributed by atoms with Crippen molar-refractivity contribution < 1.29 is 9.46 Å². The van der Waals surface area contributed by atoms with Gasteiger partial charge >= 0.3 is 7.23 Å². The van der Waals surface area contributed by atoms with E-state index in [-0.39, 0.29) is 0 Å². The van der Waals surface area contributed by atoms with Crippen LogP contribution in [-0.2, 0) is 4.57 Å². The van der Waals surface area contributed by atoms with E-state index in [9.17, 15) is 9.46 Å². The standard InChI is InChI=1S/IO2PS/c1-5-4(2)3. The Hall–Kier alpha value is 1.14. The van der Waals surface area contributed by atoms with E-state index in [0.717, 1.165) is 8.55 Å². The van der Waals surface area contributed by atoms with Gasteiger partial charge < -0.3 is 4.89 Å². The second-order valence-electron chi connectivity index (χ2n) is 0.293. The fraction of sp³-hybridized carbons (Fsp3) is 0. The maximum atomic E-state index is 9.36. The first-order chi connectivity index (χ1) is 2.27. The second kappa shape index (κ2) is 3.33. The van der Waals surface area contributed by atoms with Gasteiger partial charge in [0.15, 0.2) is 8.55 Å². The Morgan fingerprint density at radius 1 is 2.00 bits per heavy atom. The molecule has 0 aromatic heterocycles. The zero-order valence-electron chi connectivity index (χ0n) is 2.05. The Morgan fingerprint density at radius 3 is 2.20 bits per heavy atom. The Morgan fingerprint density at radius 2 is 2.20 bits per heavy atom. The van der Waals surface area contributed by atoms with E-state index in [0.29, 0.717) is 0 Å². The molecule has 0 radical (unpaired) electrons. The number of rotatable bonds is 1. The molecule has 5 heteroatoms. The highest BCUT2D eigenvalue weighted by Crippen LogP contribution is 2.34. The minimum Gasteiger partial charge on any atom is -0.584 e. The van der Waals surface area contributed by atoms with Crippen LogP contribution in [0, 0.1) is 0 Å². The molecule has 30 valence electrons. The maximum Gasteiger partial charge on any atom is 0.395 e. The van der Waals surface area contributed by atoms with Crippen molar-refractivity contribution in [2.24, 2.45) is 0 Å². The van der Waals surface area contributed by atoms with Gasteiger partial charge in [0.05, 0.1) is 21.2 Å². The fourth-order valence-electron chi connectivity index (χ4n) is 0. The highest BCUT2D eigenvalue weighted by Gasteiger charge is 1.91. The van der Waals surface area contributed by atoms with Crippen molar-refractivity contribution in [3.8, 4) is 0 Å². The van der Waals surface area contributed by atoms with Gasteiger partial charge in [0.2, 0.25) is 0 Å². The molecule has 0 aliphatic heterocycles. The van der Waals surface area contributed by atoms with Crippen LogP contribution < -0.4 is 4.89 Å². The van der Waals surface area contributed by atoms with Gasteiger partial charge in [-0.05, 0) is 0 Å². The van der Waals surface area contributed by atoms with Crippen LogP contribution in [0.5, 0.6) is 0 Å². The van der Waals surface area contributed by atoms with Crippen molar-refractivity contribution in [2.75, 3.05) is 0 Å². The fourth-order valence-corrected chi connectivity index (χ4v) is 0. The topological polar surface area (TPSA) is 40.1 Å². The van der Waals surface area contributed by atoms with E-state index in [1.54, 1.807) is 21.2 Å². The summed E-state index contributed by atoms with van der Waals surface area (Å²) >= 11 is 1.70. The molecule has 0 aromatic carbocycles. The molecule has 0 heterocycles. The normalized spacial score (nSPS) is 11.2. The van der Waals surface area contributed by atoms with Crippen LogP contribution in [-0.4, -0.2) is 0 Å². The smallest absolute Gasteiger partial charge is 0.395 e. The van der Waals surface area contributed by atoms with Crippen LogP contribution in [0.3, 0.4) is 0 Å². The van der Waals surface area contributed by atoms with Crippen LogP contribution in [0.2, 0.25) is 0 Å². The lowest BCUT2D eigenvalue weighted by molar-refractivity contribution is -0.157. The summed E-state index contributed by atoms with van der Waals surface area (Å²) in [5.74, 6) is 0. The minimum atomic E-state index is -2.19. The molecule has 0 N–H and O–H groups in total. The molecular weight excluding hydrogens is 222 g/mol. The molecule has 0 bridgehead atoms. The van der Waals surface area contributed by atoms with Gasteiger partial charge in [-0.2, -0.15) is 0 Å². The van der Waals surface area contributed by atoms with Crippen LogP contribution in [0.1, 0.15) is 0 Å². The van der Waals surface area contributed by atoms with Crippen molar-refractivity contribution in [3.05, 3.63) is 0 Å². The van der Waals surface area contributed by atoms with Crippen LogP contribution >= 0.6 is 37.0 Å². The summed E-state index contributed by atoms with van der Waals surface area (Å²) in [6.45, 7) is 0. The summed E-state index contributed by atoms with van der Waals surface area (Å²) in [5.41, 5.74) is 0. The average Bonchev–Trinajstić information content (AvgIpc) is 1.38. The van der Waals surface area contributed by atoms with E-state index >= 15 is 0 Å². The molecule has 0 fully saturated rings. The third kappa shape index (κ3) is 5.14. The summed E-state index contributed by atoms with van der Waals surface area (Å²) in [5, 5.41) is 0. The van der Waals surface area contributed by atoms with E-state index in [1.807, 2.05) is 0 Å². The summed E-state index contributed by atoms with van der Waals surface area (Å²) in [6, 6.07) is 0. The van der Waals surface area contributed by atoms with Crippen molar-refractivity contribution in [2.45, 2.75) is 0 Å². The number of hydrogen-bond acceptors (Lipinski definition) is 3. The molecule has 1 atom stereocenters. The Balaban J connectivity index is 2.85. The van der Waals surface area contributed by atoms with Gasteiger partial charge in [0.1, 0.15) is 0 Å². The third-order valence-corrected chi connectivity index (χ3v) is 3.40. The summed E-state index contributed by atoms with van der Waals surface area (Å²) in [7, 11) is -1.39. The lowest BCUT2D eigenvalue weighted by atomic mass is 15.9. The molecule has 0 aromatic rings. The highest BCUT2D eigenvalue weighted by atomic mass is 127. The van der Waals surface area contributed by atoms with Gasteiger partial charge in [-0.25, -0.2) is 0 Å². The van der Waals surface area contributed by atoms with E-state index < -0.39 is 7.23 Å². The van der Waals surface area contributed by atoms with Crippen LogP contribution in [0.4, 0.5) is 0 Å². The van der Waals surface area contributed by atoms with Crippen molar-refractivity contribution in [3.63, 3.8) is 0 Å². The predicted octanol–water partition coefficient (Wildman–Crippen LogP) is 1.09. The monoisotopic (exact) mass is 222 g/mol. The Kier molecular flexibility index (Phi) is 4.09. The zero-order valence-corrected chi connectivity index (χ0v) is 5.92. The van der Waals surface area contributed by atoms with Gasteiger partial charge in [0, 0.05) is 0 Å². The number of hydrogen-bond donors (Lipinski definition) is 0. The molecule has 2 nitrogen and oxygen atoms in total. The van der Waals surface area contributed by atoms with Gasteiger partial charge in [0.25, 0.3) is 0 Å². The van der Waals surface area contributed by atoms with Crippen LogP contribution in [0.25, 0.3) is 0 Å². The van der Waals surface area contributed by atoms with E-state index in [2.05, 4.69) is 0 Å². The molecule has 0 aliphatic carbocycles. The molecule has 5 heavy (non-hydrogen) atoms. The summed E-state index contributed by atoms with van der Waals surface area (Å²) < 4.78 is 9.36. The predicted molar refractivity (Wildman–Crippen MR) is 29.2 cm³/mol. The van der Waals surface area contributed by atoms with Gasteiger partial charge in [-0.1, -0.05) is 4.57 Å². The minimum absolute atomic E-state index is 0.803. The lowest BCUT2D eigenvalue weighted by Gasteiger charge is -1.65. The molecule has 0 saturated carbocycles. The maximum absolute atomic E-state index is 9.36. The molecular formula is IO2PS. The van der Waals surface area contributed by atoms with Crippen LogP contribution in [0.15, 0.2) is 0 Å². The van der Waals surface area contributed by atoms with E-state index in [4.69, 9.17) is 0 Å². The lowest BCUT2D eigenvalue weighted by Crippen LogP contribution is -1.74. The molecule has 0 rings (SSSR count). The Labute approximate surface area is 46.5 Å². The number of halogens is 1. The quantitative estimate of drug-likeness (QED) is 0.492. The largest absolute Gasteiger partial charge is 0.584 e. The average molecular weight is 222 g/mol. The van der Waals surface area contributed by atoms with Crippen molar-refractivity contribution in [1.82, 2.24) is 0 Å². The highest BCUT2D eigenvalue weighted by molar-refractivity contribution is 14.2. The summed E-state index contributed by atoms with van der Waals surface area (Å²) in [6.07, 6.45) is 0. The third-order valence-electron chi connectivity index (χ3n) is 0.0563. The van der Waals surface area contributed by atoms with Gasteiger partial charge in [-0.3, -0.25) is 0 Å². The van der Waals surface area contributed by atoms with E-state index in [1.165, 1.54) is 0 Å². The first kappa shape index (κ1) is 6.14. The first-order valence-corrected chi connectivity index (χ1v) is 5.84. The molecule has 0 saturated heterocycles. The molecule has 1 unspecified atom stereocenters. The molecule has 0 aliphatic rings. The second-order valence-corrected chi connectivity index (χ2v) is 5.73. The molecule has 0 spiro atoms. The van der Waals surface area contributed by atoms with Crippen molar-refractivity contribution in [1.29, 1.82) is 0 Å². The van der Waals surface area contributed by atoms with Crippen molar-refractivity contribution >= 4 is 37.0 Å².